The van der Waals surface area contributed by atoms with Crippen LogP contribution in [-0.4, -0.2) is 4.89 Å². The molecule has 0 aliphatic rings. The lowest BCUT2D eigenvalue weighted by atomic mass is 10.4. The fourth-order valence-electron chi connectivity index (χ4n) is 0.524. The van der Waals surface area contributed by atoms with Gasteiger partial charge in [0, 0.05) is 13.3 Å². The monoisotopic (exact) mass is 204 g/mol. The van der Waals surface area contributed by atoms with Crippen LogP contribution in [-0.2, 0) is 0 Å². The Morgan fingerprint density at radius 3 is 2.22 bits per heavy atom. The Kier molecular flexibility index (Phi) is 2.65. The number of halogens is 1. The van der Waals surface area contributed by atoms with Gasteiger partial charge in [-0.1, -0.05) is 28.1 Å². The quantitative estimate of drug-likeness (QED) is 0.691. The van der Waals surface area contributed by atoms with Crippen molar-refractivity contribution < 1.29 is 4.89 Å². The van der Waals surface area contributed by atoms with Crippen molar-refractivity contribution in [2.45, 2.75) is 0 Å². The first-order valence-corrected chi connectivity index (χ1v) is 4.22. The van der Waals surface area contributed by atoms with E-state index in [0.29, 0.717) is 0 Å². The van der Waals surface area contributed by atoms with Gasteiger partial charge >= 0.3 is 0 Å². The average molecular weight is 205 g/mol. The SMILES string of the molecule is OPc1ccc(Br)cc1. The molecular formula is C6H6BrOP. The summed E-state index contributed by atoms with van der Waals surface area (Å²) in [7, 11) is -0.0944. The minimum Gasteiger partial charge on any atom is -0.372 e. The second kappa shape index (κ2) is 3.31. The summed E-state index contributed by atoms with van der Waals surface area (Å²) in [5, 5.41) is 0.971. The molecule has 0 amide bonds. The van der Waals surface area contributed by atoms with E-state index < -0.39 is 0 Å². The maximum atomic E-state index is 8.64. The molecule has 0 aromatic heterocycles. The lowest BCUT2D eigenvalue weighted by molar-refractivity contribution is 0.655. The van der Waals surface area contributed by atoms with Crippen molar-refractivity contribution in [3.8, 4) is 0 Å². The van der Waals surface area contributed by atoms with E-state index in [1.54, 1.807) is 0 Å². The predicted octanol–water partition coefficient (Wildman–Crippen LogP) is 1.66. The fraction of sp³-hybridized carbons (Fsp3) is 0. The van der Waals surface area contributed by atoms with E-state index in [1.165, 1.54) is 0 Å². The molecule has 0 heterocycles. The summed E-state index contributed by atoms with van der Waals surface area (Å²) in [5.74, 6) is 0. The number of hydrogen-bond acceptors (Lipinski definition) is 1. The molecular weight excluding hydrogens is 199 g/mol. The Labute approximate surface area is 64.1 Å². The summed E-state index contributed by atoms with van der Waals surface area (Å²) in [5.41, 5.74) is 0. The molecule has 9 heavy (non-hydrogen) atoms. The summed E-state index contributed by atoms with van der Waals surface area (Å²) < 4.78 is 1.05. The lowest BCUT2D eigenvalue weighted by Crippen LogP contribution is -1.89. The molecule has 1 rings (SSSR count). The van der Waals surface area contributed by atoms with E-state index in [2.05, 4.69) is 15.9 Å². The van der Waals surface area contributed by atoms with Gasteiger partial charge in [0.25, 0.3) is 0 Å². The fourth-order valence-corrected chi connectivity index (χ4v) is 1.10. The van der Waals surface area contributed by atoms with Crippen LogP contribution in [0.5, 0.6) is 0 Å². The first kappa shape index (κ1) is 7.20. The topological polar surface area (TPSA) is 20.2 Å². The van der Waals surface area contributed by atoms with Gasteiger partial charge in [-0.3, -0.25) is 0 Å². The zero-order valence-corrected chi connectivity index (χ0v) is 7.22. The van der Waals surface area contributed by atoms with Crippen molar-refractivity contribution in [3.63, 3.8) is 0 Å². The van der Waals surface area contributed by atoms with Gasteiger partial charge in [0.05, 0.1) is 0 Å². The van der Waals surface area contributed by atoms with Crippen molar-refractivity contribution in [1.82, 2.24) is 0 Å². The Morgan fingerprint density at radius 1 is 1.22 bits per heavy atom. The third-order valence-corrected chi connectivity index (χ3v) is 2.09. The first-order chi connectivity index (χ1) is 4.33. The lowest BCUT2D eigenvalue weighted by Gasteiger charge is -1.92. The normalized spacial score (nSPS) is 10.9. The van der Waals surface area contributed by atoms with Gasteiger partial charge in [-0.25, -0.2) is 0 Å². The van der Waals surface area contributed by atoms with Crippen LogP contribution in [0.3, 0.4) is 0 Å². The molecule has 1 nitrogen and oxygen atoms in total. The first-order valence-electron chi connectivity index (χ1n) is 2.48. The van der Waals surface area contributed by atoms with Crippen molar-refractivity contribution >= 4 is 30.0 Å². The molecule has 0 spiro atoms. The van der Waals surface area contributed by atoms with Crippen LogP contribution < -0.4 is 5.30 Å². The number of benzene rings is 1. The summed E-state index contributed by atoms with van der Waals surface area (Å²) >= 11 is 3.30. The third-order valence-electron chi connectivity index (χ3n) is 0.973. The van der Waals surface area contributed by atoms with Gasteiger partial charge in [-0.2, -0.15) is 0 Å². The van der Waals surface area contributed by atoms with E-state index in [9.17, 15) is 0 Å². The molecule has 1 aromatic rings. The van der Waals surface area contributed by atoms with E-state index in [4.69, 9.17) is 4.89 Å². The summed E-state index contributed by atoms with van der Waals surface area (Å²) in [6, 6.07) is 7.61. The van der Waals surface area contributed by atoms with E-state index in [0.717, 1.165) is 9.78 Å². The standard InChI is InChI=1S/C6H6BrOP/c7-5-1-3-6(9-8)4-2-5/h1-4,8-9H. The largest absolute Gasteiger partial charge is 0.372 e. The van der Waals surface area contributed by atoms with E-state index in [1.807, 2.05) is 24.3 Å². The smallest absolute Gasteiger partial charge is 0.0420 e. The molecule has 1 aromatic carbocycles. The summed E-state index contributed by atoms with van der Waals surface area (Å²) in [6.07, 6.45) is 0. The molecule has 0 saturated carbocycles. The Morgan fingerprint density at radius 2 is 1.78 bits per heavy atom. The van der Waals surface area contributed by atoms with Crippen LogP contribution in [0.2, 0.25) is 0 Å². The third kappa shape index (κ3) is 2.05. The molecule has 1 N–H and O–H groups in total. The number of hydrogen-bond donors (Lipinski definition) is 1. The molecule has 0 aliphatic carbocycles. The Bertz CT molecular complexity index is 185. The average Bonchev–Trinajstić information content (AvgIpc) is 1.90. The summed E-state index contributed by atoms with van der Waals surface area (Å²) in [4.78, 5) is 8.64. The van der Waals surface area contributed by atoms with Crippen LogP contribution >= 0.6 is 24.7 Å². The second-order valence-electron chi connectivity index (χ2n) is 1.62. The molecule has 1 atom stereocenters. The van der Waals surface area contributed by atoms with Gasteiger partial charge in [0.2, 0.25) is 0 Å². The van der Waals surface area contributed by atoms with Crippen LogP contribution in [0.15, 0.2) is 28.7 Å². The molecule has 0 radical (unpaired) electrons. The van der Waals surface area contributed by atoms with Gasteiger partial charge in [0.1, 0.15) is 0 Å². The van der Waals surface area contributed by atoms with Gasteiger partial charge < -0.3 is 4.89 Å². The van der Waals surface area contributed by atoms with Gasteiger partial charge in [0.15, 0.2) is 0 Å². The van der Waals surface area contributed by atoms with E-state index >= 15 is 0 Å². The molecule has 0 saturated heterocycles. The molecule has 0 aliphatic heterocycles. The highest BCUT2D eigenvalue weighted by Gasteiger charge is 1.87. The van der Waals surface area contributed by atoms with Crippen molar-refractivity contribution in [1.29, 1.82) is 0 Å². The molecule has 0 fully saturated rings. The predicted molar refractivity (Wildman–Crippen MR) is 44.3 cm³/mol. The maximum Gasteiger partial charge on any atom is 0.0420 e. The van der Waals surface area contributed by atoms with Gasteiger partial charge in [-0.05, 0) is 17.4 Å². The Hall–Kier alpha value is 0.0900. The van der Waals surface area contributed by atoms with Gasteiger partial charge in [-0.15, -0.1) is 0 Å². The zero-order chi connectivity index (χ0) is 6.69. The van der Waals surface area contributed by atoms with Crippen LogP contribution in [0.1, 0.15) is 0 Å². The molecule has 1 unspecified atom stereocenters. The van der Waals surface area contributed by atoms with Crippen molar-refractivity contribution in [3.05, 3.63) is 28.7 Å². The zero-order valence-electron chi connectivity index (χ0n) is 4.63. The Balaban J connectivity index is 2.88. The van der Waals surface area contributed by atoms with Crippen LogP contribution in [0.4, 0.5) is 0 Å². The number of rotatable bonds is 1. The van der Waals surface area contributed by atoms with Crippen LogP contribution in [0, 0.1) is 0 Å². The highest BCUT2D eigenvalue weighted by Crippen LogP contribution is 2.09. The van der Waals surface area contributed by atoms with E-state index in [-0.39, 0.29) is 8.81 Å². The van der Waals surface area contributed by atoms with Crippen molar-refractivity contribution in [2.24, 2.45) is 0 Å². The molecule has 48 valence electrons. The summed E-state index contributed by atoms with van der Waals surface area (Å²) in [6.45, 7) is 0. The highest BCUT2D eigenvalue weighted by atomic mass is 79.9. The molecule has 0 bridgehead atoms. The van der Waals surface area contributed by atoms with Crippen molar-refractivity contribution in [2.75, 3.05) is 0 Å². The van der Waals surface area contributed by atoms with Crippen LogP contribution in [0.25, 0.3) is 0 Å². The molecule has 3 heteroatoms. The minimum absolute atomic E-state index is 0.0944. The highest BCUT2D eigenvalue weighted by molar-refractivity contribution is 9.10. The maximum absolute atomic E-state index is 8.64. The minimum atomic E-state index is -0.0944. The second-order valence-corrected chi connectivity index (χ2v) is 3.34.